The zero-order valence-electron chi connectivity index (χ0n) is 10.3. The summed E-state index contributed by atoms with van der Waals surface area (Å²) in [5.41, 5.74) is 0. The van der Waals surface area contributed by atoms with Crippen molar-refractivity contribution in [3.05, 3.63) is 0 Å². The number of likely N-dealkylation sites (N-methyl/N-ethyl adjacent to an activating group) is 1. The largest absolute Gasteiger partial charge is 0.341 e. The Morgan fingerprint density at radius 1 is 1.35 bits per heavy atom. The predicted molar refractivity (Wildman–Crippen MR) is 68.4 cm³/mol. The molecule has 1 fully saturated rings. The van der Waals surface area contributed by atoms with E-state index in [1.807, 2.05) is 7.05 Å². The molecule has 0 aromatic rings. The van der Waals surface area contributed by atoms with E-state index in [2.05, 4.69) is 20.9 Å². The standard InChI is InChI=1S/C10H20N4O2.ClH/c1-11-8-4-3-5-14(6-8)7-9(15)13-10(16)12-2;/h8,11H,3-7H2,1-2H3,(H2,12,13,15,16);1H. The summed E-state index contributed by atoms with van der Waals surface area (Å²) < 4.78 is 0. The third kappa shape index (κ3) is 5.86. The van der Waals surface area contributed by atoms with E-state index in [0.29, 0.717) is 6.04 Å². The monoisotopic (exact) mass is 264 g/mol. The lowest BCUT2D eigenvalue weighted by Gasteiger charge is -2.31. The summed E-state index contributed by atoms with van der Waals surface area (Å²) in [4.78, 5) is 24.4. The number of likely N-dealkylation sites (tertiary alicyclic amines) is 1. The molecule has 6 nitrogen and oxygen atoms in total. The maximum Gasteiger partial charge on any atom is 0.321 e. The average Bonchev–Trinajstić information content (AvgIpc) is 2.28. The Morgan fingerprint density at radius 3 is 2.65 bits per heavy atom. The van der Waals surface area contributed by atoms with Crippen LogP contribution in [0.25, 0.3) is 0 Å². The zero-order valence-corrected chi connectivity index (χ0v) is 11.1. The number of halogens is 1. The van der Waals surface area contributed by atoms with Crippen LogP contribution >= 0.6 is 12.4 Å². The van der Waals surface area contributed by atoms with E-state index in [9.17, 15) is 9.59 Å². The first kappa shape index (κ1) is 16.1. The van der Waals surface area contributed by atoms with Crippen molar-refractivity contribution in [2.45, 2.75) is 18.9 Å². The summed E-state index contributed by atoms with van der Waals surface area (Å²) in [6.45, 7) is 2.06. The van der Waals surface area contributed by atoms with Crippen molar-refractivity contribution >= 4 is 24.3 Å². The lowest BCUT2D eigenvalue weighted by Crippen LogP contribution is -2.49. The third-order valence-electron chi connectivity index (χ3n) is 2.76. The van der Waals surface area contributed by atoms with E-state index in [4.69, 9.17) is 0 Å². The van der Waals surface area contributed by atoms with Gasteiger partial charge in [-0.1, -0.05) is 0 Å². The minimum absolute atomic E-state index is 0. The fourth-order valence-corrected chi connectivity index (χ4v) is 1.87. The summed E-state index contributed by atoms with van der Waals surface area (Å²) in [6, 6.07) is -0.00581. The molecule has 100 valence electrons. The molecule has 1 rings (SSSR count). The number of carbonyl (C=O) groups is 2. The Morgan fingerprint density at radius 2 is 2.06 bits per heavy atom. The first-order valence-corrected chi connectivity index (χ1v) is 5.57. The van der Waals surface area contributed by atoms with Crippen LogP contribution in [0.3, 0.4) is 0 Å². The SMILES string of the molecule is CNC(=O)NC(=O)CN1CCCC(NC)C1.Cl. The molecule has 3 amide bonds. The number of nitrogens with zero attached hydrogens (tertiary/aromatic N) is 1. The van der Waals surface area contributed by atoms with Gasteiger partial charge in [0, 0.05) is 19.6 Å². The van der Waals surface area contributed by atoms with Crippen LogP contribution in [-0.4, -0.2) is 56.6 Å². The molecule has 17 heavy (non-hydrogen) atoms. The highest BCUT2D eigenvalue weighted by molar-refractivity contribution is 5.95. The van der Waals surface area contributed by atoms with Gasteiger partial charge < -0.3 is 10.6 Å². The highest BCUT2D eigenvalue weighted by Crippen LogP contribution is 2.08. The number of imide groups is 1. The molecular formula is C10H21ClN4O2. The van der Waals surface area contributed by atoms with Crippen LogP contribution in [-0.2, 0) is 4.79 Å². The molecule has 1 atom stereocenters. The van der Waals surface area contributed by atoms with E-state index in [1.165, 1.54) is 7.05 Å². The topological polar surface area (TPSA) is 73.5 Å². The van der Waals surface area contributed by atoms with Gasteiger partial charge in [-0.25, -0.2) is 4.79 Å². The highest BCUT2D eigenvalue weighted by Gasteiger charge is 2.20. The Balaban J connectivity index is 0.00000256. The van der Waals surface area contributed by atoms with E-state index < -0.39 is 6.03 Å². The summed E-state index contributed by atoms with van der Waals surface area (Å²) in [7, 11) is 3.42. The zero-order chi connectivity index (χ0) is 12.0. The molecule has 1 aliphatic heterocycles. The Kier molecular flexibility index (Phi) is 7.86. The molecule has 3 N–H and O–H groups in total. The summed E-state index contributed by atoms with van der Waals surface area (Å²) in [6.07, 6.45) is 2.23. The van der Waals surface area contributed by atoms with Gasteiger partial charge in [-0.3, -0.25) is 15.0 Å². The Hall–Kier alpha value is -0.850. The number of nitrogens with one attached hydrogen (secondary N) is 3. The normalized spacial score (nSPS) is 20.2. The van der Waals surface area contributed by atoms with Gasteiger partial charge in [-0.15, -0.1) is 12.4 Å². The molecule has 1 saturated heterocycles. The molecular weight excluding hydrogens is 244 g/mol. The molecule has 1 unspecified atom stereocenters. The van der Waals surface area contributed by atoms with Crippen molar-refractivity contribution in [3.8, 4) is 0 Å². The van der Waals surface area contributed by atoms with Gasteiger partial charge in [0.15, 0.2) is 0 Å². The van der Waals surface area contributed by atoms with Crippen molar-refractivity contribution in [3.63, 3.8) is 0 Å². The van der Waals surface area contributed by atoms with E-state index in [1.54, 1.807) is 0 Å². The number of hydrogen-bond donors (Lipinski definition) is 3. The molecule has 7 heteroatoms. The quantitative estimate of drug-likeness (QED) is 0.646. The van der Waals surface area contributed by atoms with Gasteiger partial charge in [0.2, 0.25) is 5.91 Å². The van der Waals surface area contributed by atoms with Gasteiger partial charge in [0.1, 0.15) is 0 Å². The summed E-state index contributed by atoms with van der Waals surface area (Å²) >= 11 is 0. The van der Waals surface area contributed by atoms with Crippen molar-refractivity contribution in [2.24, 2.45) is 0 Å². The van der Waals surface area contributed by atoms with Crippen LogP contribution < -0.4 is 16.0 Å². The van der Waals surface area contributed by atoms with E-state index in [-0.39, 0.29) is 24.9 Å². The van der Waals surface area contributed by atoms with Crippen LogP contribution in [0.15, 0.2) is 0 Å². The number of rotatable bonds is 3. The molecule has 0 saturated carbocycles. The molecule has 0 aromatic heterocycles. The lowest BCUT2D eigenvalue weighted by molar-refractivity contribution is -0.121. The fourth-order valence-electron chi connectivity index (χ4n) is 1.87. The maximum absolute atomic E-state index is 11.4. The summed E-state index contributed by atoms with van der Waals surface area (Å²) in [5.74, 6) is -0.254. The second kappa shape index (κ2) is 8.27. The van der Waals surface area contributed by atoms with Crippen molar-refractivity contribution < 1.29 is 9.59 Å². The lowest BCUT2D eigenvalue weighted by atomic mass is 10.1. The van der Waals surface area contributed by atoms with Crippen LogP contribution in [0.5, 0.6) is 0 Å². The minimum atomic E-state index is -0.452. The van der Waals surface area contributed by atoms with Gasteiger partial charge in [0.25, 0.3) is 0 Å². The molecule has 0 aromatic carbocycles. The van der Waals surface area contributed by atoms with Gasteiger partial charge in [-0.2, -0.15) is 0 Å². The van der Waals surface area contributed by atoms with Crippen LogP contribution in [0.2, 0.25) is 0 Å². The predicted octanol–water partition coefficient (Wildman–Crippen LogP) is -0.452. The molecule has 1 aliphatic rings. The maximum atomic E-state index is 11.4. The Bertz CT molecular complexity index is 263. The first-order valence-electron chi connectivity index (χ1n) is 5.57. The highest BCUT2D eigenvalue weighted by atomic mass is 35.5. The van der Waals surface area contributed by atoms with Gasteiger partial charge >= 0.3 is 6.03 Å². The molecule has 0 bridgehead atoms. The number of carbonyl (C=O) groups excluding carboxylic acids is 2. The second-order valence-electron chi connectivity index (χ2n) is 3.99. The summed E-state index contributed by atoms with van der Waals surface area (Å²) in [5, 5.41) is 7.82. The van der Waals surface area contributed by atoms with E-state index >= 15 is 0 Å². The first-order chi connectivity index (χ1) is 7.65. The van der Waals surface area contributed by atoms with Gasteiger partial charge in [0.05, 0.1) is 6.54 Å². The van der Waals surface area contributed by atoms with Crippen molar-refractivity contribution in [1.29, 1.82) is 0 Å². The molecule has 0 aliphatic carbocycles. The average molecular weight is 265 g/mol. The van der Waals surface area contributed by atoms with Gasteiger partial charge in [-0.05, 0) is 26.4 Å². The molecule has 0 spiro atoms. The number of urea groups is 1. The van der Waals surface area contributed by atoms with Crippen molar-refractivity contribution in [1.82, 2.24) is 20.9 Å². The third-order valence-corrected chi connectivity index (χ3v) is 2.76. The fraction of sp³-hybridized carbons (Fsp3) is 0.800. The minimum Gasteiger partial charge on any atom is -0.341 e. The van der Waals surface area contributed by atoms with Crippen LogP contribution in [0.1, 0.15) is 12.8 Å². The smallest absolute Gasteiger partial charge is 0.321 e. The molecule has 0 radical (unpaired) electrons. The number of amides is 3. The van der Waals surface area contributed by atoms with Crippen LogP contribution in [0, 0.1) is 0 Å². The number of hydrogen-bond acceptors (Lipinski definition) is 4. The van der Waals surface area contributed by atoms with E-state index in [0.717, 1.165) is 25.9 Å². The van der Waals surface area contributed by atoms with Crippen molar-refractivity contribution in [2.75, 3.05) is 33.7 Å². The van der Waals surface area contributed by atoms with Crippen LogP contribution in [0.4, 0.5) is 4.79 Å². The number of piperidine rings is 1. The Labute approximate surface area is 108 Å². The second-order valence-corrected chi connectivity index (χ2v) is 3.99. The molecule has 1 heterocycles.